The van der Waals surface area contributed by atoms with Crippen molar-refractivity contribution >= 4 is 23.0 Å². The lowest BCUT2D eigenvalue weighted by Gasteiger charge is -2.41. The zero-order valence-electron chi connectivity index (χ0n) is 20.6. The Labute approximate surface area is 211 Å². The van der Waals surface area contributed by atoms with Gasteiger partial charge in [0.25, 0.3) is 5.84 Å². The molecule has 1 atom stereocenters. The van der Waals surface area contributed by atoms with Crippen LogP contribution in [0.25, 0.3) is 22.2 Å². The molecule has 179 valence electrons. The van der Waals surface area contributed by atoms with Gasteiger partial charge in [0.05, 0.1) is 29.2 Å². The Balaban J connectivity index is 1.24. The molecule has 1 radical (unpaired) electrons. The van der Waals surface area contributed by atoms with Gasteiger partial charge in [-0.2, -0.15) is 10.8 Å². The zero-order chi connectivity index (χ0) is 24.3. The van der Waals surface area contributed by atoms with E-state index in [0.29, 0.717) is 5.92 Å². The topological polar surface area (TPSA) is 66.9 Å². The molecule has 1 saturated heterocycles. The van der Waals surface area contributed by atoms with Crippen molar-refractivity contribution in [1.29, 1.82) is 0 Å². The van der Waals surface area contributed by atoms with E-state index in [0.717, 1.165) is 50.9 Å². The molecular formula is C30H30N6+. The standard InChI is InChI=1S/C30H30N6/c1-20-14-26(22-6-3-2-4-7-22)33-27-17-23(8-9-25(20)27)30-34-29(28-18-32-10-13-36(28,30)31)24-15-21(16-24)19-35-11-5-12-35/h3-4,6-10,13-14,17-18,21,24H,5,11-12,15-16,19,31H2,1H3/q+1. The lowest BCUT2D eigenvalue weighted by Crippen LogP contribution is -2.53. The van der Waals surface area contributed by atoms with Crippen molar-refractivity contribution in [3.8, 4) is 11.3 Å². The number of pyridine rings is 1. The summed E-state index contributed by atoms with van der Waals surface area (Å²) < 4.78 is 0.0742. The maximum Gasteiger partial charge on any atom is 0.264 e. The average Bonchev–Trinajstić information content (AvgIpc) is 3.15. The molecule has 2 N–H and O–H groups in total. The van der Waals surface area contributed by atoms with Crippen molar-refractivity contribution in [3.63, 3.8) is 0 Å². The number of rotatable bonds is 5. The fraction of sp³-hybridized carbons (Fsp3) is 0.300. The highest BCUT2D eigenvalue weighted by Gasteiger charge is 2.48. The third-order valence-corrected chi connectivity index (χ3v) is 8.20. The van der Waals surface area contributed by atoms with Crippen LogP contribution in [0.4, 0.5) is 0 Å². The van der Waals surface area contributed by atoms with Crippen LogP contribution in [0.1, 0.15) is 30.4 Å². The predicted molar refractivity (Wildman–Crippen MR) is 144 cm³/mol. The van der Waals surface area contributed by atoms with Crippen molar-refractivity contribution in [2.24, 2.45) is 27.7 Å². The summed E-state index contributed by atoms with van der Waals surface area (Å²) >= 11 is 0. The van der Waals surface area contributed by atoms with Crippen LogP contribution in [-0.4, -0.2) is 46.2 Å². The van der Waals surface area contributed by atoms with Gasteiger partial charge in [-0.15, -0.1) is 4.59 Å². The Kier molecular flexibility index (Phi) is 5.03. The quantitative estimate of drug-likeness (QED) is 0.420. The number of hydrogen-bond donors (Lipinski definition) is 1. The summed E-state index contributed by atoms with van der Waals surface area (Å²) in [5.74, 6) is 9.08. The van der Waals surface area contributed by atoms with Crippen LogP contribution < -0.4 is 5.84 Å². The summed E-state index contributed by atoms with van der Waals surface area (Å²) in [7, 11) is 0. The molecule has 4 heterocycles. The highest BCUT2D eigenvalue weighted by molar-refractivity contribution is 6.03. The smallest absolute Gasteiger partial charge is 0.264 e. The van der Waals surface area contributed by atoms with Crippen LogP contribution in [0.5, 0.6) is 0 Å². The first-order valence-corrected chi connectivity index (χ1v) is 12.9. The number of likely N-dealkylation sites (tertiary alicyclic amines) is 1. The molecule has 36 heavy (non-hydrogen) atoms. The summed E-state index contributed by atoms with van der Waals surface area (Å²) in [5.41, 5.74) is 7.31. The van der Waals surface area contributed by atoms with E-state index >= 15 is 0 Å². The number of nitrogens with zero attached hydrogens (tertiary/aromatic N) is 5. The van der Waals surface area contributed by atoms with Gasteiger partial charge in [0.2, 0.25) is 5.70 Å². The Morgan fingerprint density at radius 3 is 2.69 bits per heavy atom. The van der Waals surface area contributed by atoms with Gasteiger partial charge < -0.3 is 4.90 Å². The molecule has 3 aromatic rings. The molecule has 2 aromatic carbocycles. The minimum absolute atomic E-state index is 0.0742. The van der Waals surface area contributed by atoms with Crippen molar-refractivity contribution < 1.29 is 4.59 Å². The number of nitrogens with two attached hydrogens (primary N) is 1. The molecule has 6 nitrogen and oxygen atoms in total. The fourth-order valence-electron chi connectivity index (χ4n) is 5.99. The molecule has 7 rings (SSSR count). The molecular weight excluding hydrogens is 444 g/mol. The molecule has 1 unspecified atom stereocenters. The van der Waals surface area contributed by atoms with Gasteiger partial charge in [0, 0.05) is 23.4 Å². The summed E-state index contributed by atoms with van der Waals surface area (Å²) in [6.07, 6.45) is 9.34. The van der Waals surface area contributed by atoms with E-state index in [1.807, 2.05) is 36.7 Å². The highest BCUT2D eigenvalue weighted by Crippen LogP contribution is 2.45. The number of aliphatic imine (C=N–C) groups is 2. The highest BCUT2D eigenvalue weighted by atomic mass is 15.6. The summed E-state index contributed by atoms with van der Waals surface area (Å²) in [6.45, 7) is 5.89. The van der Waals surface area contributed by atoms with E-state index in [9.17, 15) is 0 Å². The van der Waals surface area contributed by atoms with Crippen LogP contribution in [0.2, 0.25) is 0 Å². The molecule has 1 aliphatic carbocycles. The van der Waals surface area contributed by atoms with Crippen molar-refractivity contribution in [2.75, 3.05) is 19.6 Å². The van der Waals surface area contributed by atoms with Gasteiger partial charge >= 0.3 is 0 Å². The first kappa shape index (κ1) is 21.8. The van der Waals surface area contributed by atoms with Gasteiger partial charge in [-0.3, -0.25) is 4.99 Å². The van der Waals surface area contributed by atoms with Crippen LogP contribution in [0, 0.1) is 24.8 Å². The molecule has 0 bridgehead atoms. The zero-order valence-corrected chi connectivity index (χ0v) is 20.6. The van der Waals surface area contributed by atoms with E-state index in [1.165, 1.54) is 44.5 Å². The molecule has 4 aliphatic rings. The predicted octanol–water partition coefficient (Wildman–Crippen LogP) is 4.96. The number of quaternary nitrogens is 1. The van der Waals surface area contributed by atoms with E-state index in [2.05, 4.69) is 47.1 Å². The minimum atomic E-state index is 0.0742. The van der Waals surface area contributed by atoms with Gasteiger partial charge in [-0.1, -0.05) is 30.3 Å². The lowest BCUT2D eigenvalue weighted by atomic mass is 9.72. The molecule has 1 aromatic heterocycles. The maximum atomic E-state index is 7.03. The summed E-state index contributed by atoms with van der Waals surface area (Å²) in [4.78, 5) is 17.2. The summed E-state index contributed by atoms with van der Waals surface area (Å²) in [5, 5.41) is 1.14. The minimum Gasteiger partial charge on any atom is -0.303 e. The lowest BCUT2D eigenvalue weighted by molar-refractivity contribution is -0.750. The second kappa shape index (κ2) is 8.30. The Morgan fingerprint density at radius 1 is 1.08 bits per heavy atom. The first-order chi connectivity index (χ1) is 17.6. The fourth-order valence-corrected chi connectivity index (χ4v) is 5.99. The molecule has 6 heteroatoms. The SMILES string of the molecule is Cc1cc(-c2cc[c]cc2)nc2cc(C3=NC(C4CC(CN5CCC5)C4)=C4C=NC=C[N+]34N)ccc12. The number of benzene rings is 2. The third kappa shape index (κ3) is 3.48. The Bertz CT molecular complexity index is 1470. The molecule has 2 fully saturated rings. The maximum absolute atomic E-state index is 7.03. The molecule has 0 spiro atoms. The molecule has 1 saturated carbocycles. The number of fused-ring (bicyclic) bond motifs is 2. The van der Waals surface area contributed by atoms with Crippen molar-refractivity contribution in [3.05, 3.63) is 89.5 Å². The molecule has 3 aliphatic heterocycles. The van der Waals surface area contributed by atoms with Gasteiger partial charge in [-0.25, -0.2) is 4.98 Å². The van der Waals surface area contributed by atoms with Gasteiger partial charge in [-0.05, 0) is 75.0 Å². The van der Waals surface area contributed by atoms with Crippen LogP contribution in [0.15, 0.2) is 82.3 Å². The van der Waals surface area contributed by atoms with Gasteiger partial charge in [0.15, 0.2) is 0 Å². The van der Waals surface area contributed by atoms with Crippen LogP contribution in [0.3, 0.4) is 0 Å². The monoisotopic (exact) mass is 474 g/mol. The van der Waals surface area contributed by atoms with E-state index in [1.54, 1.807) is 6.20 Å². The number of aryl methyl sites for hydroxylation is 1. The largest absolute Gasteiger partial charge is 0.303 e. The Morgan fingerprint density at radius 2 is 1.92 bits per heavy atom. The van der Waals surface area contributed by atoms with E-state index < -0.39 is 0 Å². The van der Waals surface area contributed by atoms with Crippen molar-refractivity contribution in [2.45, 2.75) is 26.2 Å². The second-order valence-electron chi connectivity index (χ2n) is 10.6. The third-order valence-electron chi connectivity index (χ3n) is 8.20. The Hall–Kier alpha value is -3.45. The summed E-state index contributed by atoms with van der Waals surface area (Å²) in [6, 6.07) is 19.6. The van der Waals surface area contributed by atoms with E-state index in [-0.39, 0.29) is 4.59 Å². The number of aromatic nitrogens is 1. The first-order valence-electron chi connectivity index (χ1n) is 12.9. The average molecular weight is 475 g/mol. The number of allylic oxidation sites excluding steroid dienone is 2. The number of hydrogen-bond acceptors (Lipinski definition) is 5. The molecule has 0 amide bonds. The van der Waals surface area contributed by atoms with Crippen LogP contribution >= 0.6 is 0 Å². The normalized spacial score (nSPS) is 27.1. The van der Waals surface area contributed by atoms with E-state index in [4.69, 9.17) is 15.8 Å². The second-order valence-corrected chi connectivity index (χ2v) is 10.6. The van der Waals surface area contributed by atoms with Gasteiger partial charge in [0.1, 0.15) is 11.9 Å². The van der Waals surface area contributed by atoms with Crippen molar-refractivity contribution in [1.82, 2.24) is 9.88 Å². The number of amidine groups is 1. The van der Waals surface area contributed by atoms with Crippen LogP contribution in [-0.2, 0) is 0 Å².